The molecule has 160 valence electrons. The fourth-order valence-electron chi connectivity index (χ4n) is 3.03. The highest BCUT2D eigenvalue weighted by Crippen LogP contribution is 2.30. The molecular formula is C21H14ClN5O4S. The van der Waals surface area contributed by atoms with Crippen LogP contribution in [0.5, 0.6) is 0 Å². The van der Waals surface area contributed by atoms with Crippen molar-refractivity contribution in [2.45, 2.75) is 6.92 Å². The molecule has 0 radical (unpaired) electrons. The fraction of sp³-hybridized carbons (Fsp3) is 0.0476. The van der Waals surface area contributed by atoms with Crippen molar-refractivity contribution >= 4 is 39.7 Å². The van der Waals surface area contributed by atoms with Gasteiger partial charge in [-0.05, 0) is 19.1 Å². The van der Waals surface area contributed by atoms with Crippen LogP contribution in [0.3, 0.4) is 0 Å². The second kappa shape index (κ2) is 8.69. The summed E-state index contributed by atoms with van der Waals surface area (Å²) >= 11 is 7.36. The van der Waals surface area contributed by atoms with Crippen LogP contribution in [-0.2, 0) is 0 Å². The molecule has 0 saturated carbocycles. The third-order valence-electron chi connectivity index (χ3n) is 4.50. The number of carbonyl (C=O) groups excluding carboxylic acids is 1. The van der Waals surface area contributed by atoms with E-state index in [4.69, 9.17) is 11.6 Å². The summed E-state index contributed by atoms with van der Waals surface area (Å²) in [6.45, 7) is 1.57. The topological polar surface area (TPSA) is 120 Å². The van der Waals surface area contributed by atoms with E-state index in [9.17, 15) is 19.7 Å². The summed E-state index contributed by atoms with van der Waals surface area (Å²) in [6, 6.07) is 14.3. The van der Waals surface area contributed by atoms with E-state index in [0.717, 1.165) is 11.3 Å². The van der Waals surface area contributed by atoms with Gasteiger partial charge in [-0.1, -0.05) is 41.9 Å². The predicted molar refractivity (Wildman–Crippen MR) is 122 cm³/mol. The van der Waals surface area contributed by atoms with Crippen LogP contribution in [-0.4, -0.2) is 25.6 Å². The molecule has 0 bridgehead atoms. The highest BCUT2D eigenvalue weighted by molar-refractivity contribution is 7.14. The van der Waals surface area contributed by atoms with Crippen molar-refractivity contribution in [3.63, 3.8) is 0 Å². The molecule has 32 heavy (non-hydrogen) atoms. The van der Waals surface area contributed by atoms with E-state index < -0.39 is 22.0 Å². The summed E-state index contributed by atoms with van der Waals surface area (Å²) in [5.74, 6) is -0.776. The van der Waals surface area contributed by atoms with Crippen LogP contribution in [0.25, 0.3) is 16.9 Å². The number of thiazole rings is 1. The van der Waals surface area contributed by atoms with Crippen molar-refractivity contribution in [1.29, 1.82) is 0 Å². The zero-order valence-corrected chi connectivity index (χ0v) is 18.1. The van der Waals surface area contributed by atoms with Crippen molar-refractivity contribution in [2.75, 3.05) is 5.32 Å². The number of amides is 1. The van der Waals surface area contributed by atoms with E-state index in [1.807, 2.05) is 6.07 Å². The van der Waals surface area contributed by atoms with Crippen molar-refractivity contribution in [3.8, 4) is 16.9 Å². The molecule has 2 heterocycles. The first-order chi connectivity index (χ1) is 15.3. The Morgan fingerprint density at radius 2 is 1.91 bits per heavy atom. The normalized spacial score (nSPS) is 10.7. The molecule has 2 aromatic carbocycles. The summed E-state index contributed by atoms with van der Waals surface area (Å²) in [7, 11) is 0. The Balaban J connectivity index is 1.67. The number of hydrogen-bond acceptors (Lipinski definition) is 7. The molecule has 0 unspecified atom stereocenters. The van der Waals surface area contributed by atoms with Gasteiger partial charge in [-0.15, -0.1) is 11.3 Å². The molecular weight excluding hydrogens is 454 g/mol. The van der Waals surface area contributed by atoms with E-state index in [-0.39, 0.29) is 16.5 Å². The van der Waals surface area contributed by atoms with Gasteiger partial charge in [0, 0.05) is 33.8 Å². The number of para-hydroxylation sites is 2. The van der Waals surface area contributed by atoms with Gasteiger partial charge in [0.05, 0.1) is 10.6 Å². The number of anilines is 1. The average molecular weight is 468 g/mol. The maximum atomic E-state index is 12.8. The number of hydrogen-bond donors (Lipinski definition) is 1. The van der Waals surface area contributed by atoms with Gasteiger partial charge in [0.2, 0.25) is 5.43 Å². The fourth-order valence-corrected chi connectivity index (χ4v) is 3.96. The van der Waals surface area contributed by atoms with E-state index in [1.54, 1.807) is 36.6 Å². The van der Waals surface area contributed by atoms with Crippen molar-refractivity contribution in [1.82, 2.24) is 14.8 Å². The largest absolute Gasteiger partial charge is 0.296 e. The Morgan fingerprint density at radius 3 is 2.66 bits per heavy atom. The minimum absolute atomic E-state index is 0.138. The van der Waals surface area contributed by atoms with Gasteiger partial charge in [-0.25, -0.2) is 9.67 Å². The smallest absolute Gasteiger partial charge is 0.294 e. The first-order valence-electron chi connectivity index (χ1n) is 9.21. The van der Waals surface area contributed by atoms with Crippen LogP contribution < -0.4 is 10.7 Å². The Labute approximate surface area is 190 Å². The van der Waals surface area contributed by atoms with Gasteiger partial charge in [-0.3, -0.25) is 25.0 Å². The molecule has 0 fully saturated rings. The Hall–Kier alpha value is -3.89. The maximum Gasteiger partial charge on any atom is 0.294 e. The Morgan fingerprint density at radius 1 is 1.19 bits per heavy atom. The van der Waals surface area contributed by atoms with Crippen LogP contribution in [0.15, 0.2) is 64.8 Å². The number of carbonyl (C=O) groups is 1. The number of nitro groups is 1. The minimum Gasteiger partial charge on any atom is -0.296 e. The molecule has 0 aliphatic rings. The van der Waals surface area contributed by atoms with E-state index >= 15 is 0 Å². The number of nitrogens with one attached hydrogen (secondary N) is 1. The molecule has 0 aliphatic carbocycles. The van der Waals surface area contributed by atoms with Gasteiger partial charge in [0.25, 0.3) is 11.6 Å². The molecule has 4 rings (SSSR count). The highest BCUT2D eigenvalue weighted by atomic mass is 35.5. The van der Waals surface area contributed by atoms with Gasteiger partial charge in [-0.2, -0.15) is 5.10 Å². The van der Waals surface area contributed by atoms with E-state index in [1.165, 1.54) is 28.9 Å². The number of nitrogens with zero attached hydrogens (tertiary/aromatic N) is 4. The summed E-state index contributed by atoms with van der Waals surface area (Å²) in [5, 5.41) is 20.5. The first kappa shape index (κ1) is 21.3. The quantitative estimate of drug-likeness (QED) is 0.341. The standard InChI is InChI=1S/C21H14ClN5O4S/c1-12-10-18(28)19(25-26(12)16-8-4-5-9-17(16)27(30)31)20(29)24-21-23-15(11-32-21)13-6-2-3-7-14(13)22/h2-11H,1H3,(H,23,24,29). The summed E-state index contributed by atoms with van der Waals surface area (Å²) in [5.41, 5.74) is 0.530. The summed E-state index contributed by atoms with van der Waals surface area (Å²) < 4.78 is 1.20. The molecule has 0 saturated heterocycles. The minimum atomic E-state index is -0.776. The maximum absolute atomic E-state index is 12.8. The third kappa shape index (κ3) is 4.13. The number of nitro benzene ring substituents is 1. The zero-order chi connectivity index (χ0) is 22.8. The molecule has 1 N–H and O–H groups in total. The summed E-state index contributed by atoms with van der Waals surface area (Å²) in [4.78, 5) is 40.4. The number of aryl methyl sites for hydroxylation is 1. The van der Waals surface area contributed by atoms with Gasteiger partial charge < -0.3 is 0 Å². The first-order valence-corrected chi connectivity index (χ1v) is 10.5. The third-order valence-corrected chi connectivity index (χ3v) is 5.59. The highest BCUT2D eigenvalue weighted by Gasteiger charge is 2.21. The van der Waals surface area contributed by atoms with Gasteiger partial charge in [0.1, 0.15) is 5.69 Å². The van der Waals surface area contributed by atoms with Crippen LogP contribution in [0.4, 0.5) is 10.8 Å². The Bertz CT molecular complexity index is 1420. The SMILES string of the molecule is Cc1cc(=O)c(C(=O)Nc2nc(-c3ccccc3Cl)cs2)nn1-c1ccccc1[N+](=O)[O-]. The lowest BCUT2D eigenvalue weighted by Gasteiger charge is -2.11. The molecule has 4 aromatic rings. The molecule has 9 nitrogen and oxygen atoms in total. The second-order valence-corrected chi connectivity index (χ2v) is 7.89. The molecule has 0 aliphatic heterocycles. The molecule has 11 heteroatoms. The predicted octanol–water partition coefficient (Wildman–Crippen LogP) is 4.48. The molecule has 2 aromatic heterocycles. The summed E-state index contributed by atoms with van der Waals surface area (Å²) in [6.07, 6.45) is 0. The van der Waals surface area contributed by atoms with E-state index in [0.29, 0.717) is 22.0 Å². The van der Waals surface area contributed by atoms with Crippen molar-refractivity contribution in [2.24, 2.45) is 0 Å². The zero-order valence-electron chi connectivity index (χ0n) is 16.5. The monoisotopic (exact) mass is 467 g/mol. The van der Waals surface area contributed by atoms with Gasteiger partial charge in [0.15, 0.2) is 10.8 Å². The van der Waals surface area contributed by atoms with Crippen molar-refractivity contribution < 1.29 is 9.72 Å². The van der Waals surface area contributed by atoms with Crippen LogP contribution in [0.1, 0.15) is 16.2 Å². The Kier molecular flexibility index (Phi) is 5.80. The van der Waals surface area contributed by atoms with Gasteiger partial charge >= 0.3 is 0 Å². The lowest BCUT2D eigenvalue weighted by molar-refractivity contribution is -0.384. The van der Waals surface area contributed by atoms with Crippen LogP contribution >= 0.6 is 22.9 Å². The lowest BCUT2D eigenvalue weighted by atomic mass is 10.2. The van der Waals surface area contributed by atoms with Crippen LogP contribution in [0, 0.1) is 17.0 Å². The molecule has 0 spiro atoms. The van der Waals surface area contributed by atoms with Crippen molar-refractivity contribution in [3.05, 3.63) is 96.7 Å². The van der Waals surface area contributed by atoms with E-state index in [2.05, 4.69) is 15.4 Å². The average Bonchev–Trinajstić information content (AvgIpc) is 3.22. The number of halogens is 1. The second-order valence-electron chi connectivity index (χ2n) is 6.63. The molecule has 1 amide bonds. The number of aromatic nitrogens is 3. The molecule has 0 atom stereocenters. The lowest BCUT2D eigenvalue weighted by Crippen LogP contribution is -2.27. The number of rotatable bonds is 5. The number of benzene rings is 2. The van der Waals surface area contributed by atoms with Crippen LogP contribution in [0.2, 0.25) is 5.02 Å².